The Hall–Kier alpha value is -2.38. The number of ether oxygens (including phenoxy) is 1. The molecular weight excluding hydrogens is 366 g/mol. The van der Waals surface area contributed by atoms with Gasteiger partial charge in [-0.2, -0.15) is 0 Å². The fraction of sp³-hybridized carbons (Fsp3) is 0.350. The molecule has 27 heavy (non-hydrogen) atoms. The van der Waals surface area contributed by atoms with E-state index in [1.165, 1.54) is 18.0 Å². The van der Waals surface area contributed by atoms with Gasteiger partial charge in [0.1, 0.15) is 17.1 Å². The van der Waals surface area contributed by atoms with Crippen LogP contribution in [-0.4, -0.2) is 30.5 Å². The molecule has 0 bridgehead atoms. The molecule has 0 saturated carbocycles. The molecule has 1 unspecified atom stereocenters. The van der Waals surface area contributed by atoms with E-state index < -0.39 is 20.5 Å². The fourth-order valence-electron chi connectivity index (χ4n) is 2.69. The number of rotatable bonds is 8. The summed E-state index contributed by atoms with van der Waals surface area (Å²) >= 11 is 0. The maximum absolute atomic E-state index is 12.0. The number of benzene rings is 2. The van der Waals surface area contributed by atoms with Crippen LogP contribution in [0.15, 0.2) is 48.5 Å². The topological polar surface area (TPSA) is 92.7 Å². The van der Waals surface area contributed by atoms with Crippen molar-refractivity contribution in [1.82, 2.24) is 5.48 Å². The first-order valence-electron chi connectivity index (χ1n) is 8.57. The predicted octanol–water partition coefficient (Wildman–Crippen LogP) is 2.82. The largest absolute Gasteiger partial charge is 0.489 e. The third kappa shape index (κ3) is 5.30. The van der Waals surface area contributed by atoms with Gasteiger partial charge in [0, 0.05) is 6.26 Å². The Morgan fingerprint density at radius 1 is 1.15 bits per heavy atom. The van der Waals surface area contributed by atoms with E-state index in [0.717, 1.165) is 17.4 Å². The summed E-state index contributed by atoms with van der Waals surface area (Å²) in [4.78, 5) is 11.8. The highest BCUT2D eigenvalue weighted by Crippen LogP contribution is 2.24. The summed E-state index contributed by atoms with van der Waals surface area (Å²) in [6.45, 7) is 3.80. The van der Waals surface area contributed by atoms with Crippen molar-refractivity contribution >= 4 is 15.7 Å². The number of sulfone groups is 1. The molecule has 0 saturated heterocycles. The van der Waals surface area contributed by atoms with E-state index >= 15 is 0 Å². The van der Waals surface area contributed by atoms with Gasteiger partial charge in [-0.25, -0.2) is 13.9 Å². The molecule has 7 heteroatoms. The SMILES string of the molecule is Cc1cccc(COc2ccc(CCC(C)(C(=O)NO)S(C)(=O)=O)cc2)c1. The second-order valence-corrected chi connectivity index (χ2v) is 9.31. The van der Waals surface area contributed by atoms with Gasteiger partial charge in [-0.15, -0.1) is 0 Å². The van der Waals surface area contributed by atoms with Crippen molar-refractivity contribution < 1.29 is 23.2 Å². The van der Waals surface area contributed by atoms with Gasteiger partial charge in [0.15, 0.2) is 9.84 Å². The predicted molar refractivity (Wildman–Crippen MR) is 103 cm³/mol. The lowest BCUT2D eigenvalue weighted by atomic mass is 9.99. The smallest absolute Gasteiger partial charge is 0.264 e. The molecule has 1 atom stereocenters. The van der Waals surface area contributed by atoms with Crippen LogP contribution in [0, 0.1) is 6.92 Å². The minimum Gasteiger partial charge on any atom is -0.489 e. The first-order valence-corrected chi connectivity index (χ1v) is 10.5. The minimum atomic E-state index is -3.69. The molecule has 2 aromatic rings. The maximum Gasteiger partial charge on any atom is 0.264 e. The standard InChI is InChI=1S/C20H25NO5S/c1-15-5-4-6-17(13-15)14-26-18-9-7-16(8-10-18)11-12-20(2,19(22)21-23)27(3,24)25/h4-10,13,23H,11-12,14H2,1-3H3,(H,21,22). The van der Waals surface area contributed by atoms with Gasteiger partial charge >= 0.3 is 0 Å². The first-order chi connectivity index (χ1) is 12.7. The normalized spacial score (nSPS) is 13.6. The highest BCUT2D eigenvalue weighted by Gasteiger charge is 2.43. The molecule has 1 amide bonds. The summed E-state index contributed by atoms with van der Waals surface area (Å²) in [7, 11) is -3.69. The van der Waals surface area contributed by atoms with Crippen molar-refractivity contribution in [2.75, 3.05) is 6.26 Å². The van der Waals surface area contributed by atoms with Crippen molar-refractivity contribution in [1.29, 1.82) is 0 Å². The second-order valence-electron chi connectivity index (χ2n) is 6.87. The van der Waals surface area contributed by atoms with Crippen LogP contribution in [0.25, 0.3) is 0 Å². The summed E-state index contributed by atoms with van der Waals surface area (Å²) in [6, 6.07) is 15.4. The molecule has 0 radical (unpaired) electrons. The number of aryl methyl sites for hydroxylation is 2. The summed E-state index contributed by atoms with van der Waals surface area (Å²) in [5.74, 6) is -0.220. The van der Waals surface area contributed by atoms with Gasteiger partial charge in [-0.3, -0.25) is 10.0 Å². The second kappa shape index (κ2) is 8.54. The van der Waals surface area contributed by atoms with Crippen LogP contribution in [0.3, 0.4) is 0 Å². The summed E-state index contributed by atoms with van der Waals surface area (Å²) in [5.41, 5.74) is 4.58. The number of nitrogens with one attached hydrogen (secondary N) is 1. The highest BCUT2D eigenvalue weighted by molar-refractivity contribution is 7.92. The Labute approximate surface area is 160 Å². The van der Waals surface area contributed by atoms with Crippen molar-refractivity contribution in [3.05, 3.63) is 65.2 Å². The Kier molecular flexibility index (Phi) is 6.62. The number of hydroxylamine groups is 1. The fourth-order valence-corrected chi connectivity index (χ4v) is 3.54. The van der Waals surface area contributed by atoms with E-state index in [0.29, 0.717) is 18.8 Å². The molecule has 2 aromatic carbocycles. The molecule has 6 nitrogen and oxygen atoms in total. The van der Waals surface area contributed by atoms with Gasteiger partial charge in [0.25, 0.3) is 5.91 Å². The van der Waals surface area contributed by atoms with Crippen LogP contribution in [-0.2, 0) is 27.7 Å². The molecule has 146 valence electrons. The summed E-state index contributed by atoms with van der Waals surface area (Å²) < 4.78 is 28.0. The first kappa shape index (κ1) is 20.9. The minimum absolute atomic E-state index is 0.0573. The number of carbonyl (C=O) groups is 1. The van der Waals surface area contributed by atoms with Gasteiger partial charge < -0.3 is 4.74 Å². The van der Waals surface area contributed by atoms with E-state index in [4.69, 9.17) is 9.94 Å². The zero-order chi connectivity index (χ0) is 20.1. The molecule has 0 aliphatic rings. The zero-order valence-electron chi connectivity index (χ0n) is 15.7. The molecule has 2 rings (SSSR count). The molecule has 0 heterocycles. The third-order valence-electron chi connectivity index (χ3n) is 4.70. The average molecular weight is 391 g/mol. The molecule has 0 aliphatic carbocycles. The molecule has 0 fully saturated rings. The van der Waals surface area contributed by atoms with Crippen molar-refractivity contribution in [2.45, 2.75) is 38.0 Å². The monoisotopic (exact) mass is 391 g/mol. The Bertz CT molecular complexity index is 893. The lowest BCUT2D eigenvalue weighted by molar-refractivity contribution is -0.131. The van der Waals surface area contributed by atoms with Crippen LogP contribution in [0.2, 0.25) is 0 Å². The molecular formula is C20H25NO5S. The Morgan fingerprint density at radius 2 is 1.81 bits per heavy atom. The van der Waals surface area contributed by atoms with Crippen LogP contribution >= 0.6 is 0 Å². The van der Waals surface area contributed by atoms with E-state index in [2.05, 4.69) is 6.07 Å². The van der Waals surface area contributed by atoms with E-state index in [-0.39, 0.29) is 6.42 Å². The molecule has 0 aromatic heterocycles. The Balaban J connectivity index is 1.99. The lowest BCUT2D eigenvalue weighted by Crippen LogP contribution is -2.49. The van der Waals surface area contributed by atoms with Gasteiger partial charge in [-0.1, -0.05) is 42.0 Å². The van der Waals surface area contributed by atoms with Crippen LogP contribution in [0.5, 0.6) is 5.75 Å². The average Bonchev–Trinajstić information content (AvgIpc) is 2.63. The van der Waals surface area contributed by atoms with Gasteiger partial charge in [0.2, 0.25) is 0 Å². The number of hydrogen-bond acceptors (Lipinski definition) is 5. The van der Waals surface area contributed by atoms with Crippen LogP contribution < -0.4 is 10.2 Å². The van der Waals surface area contributed by atoms with Crippen molar-refractivity contribution in [2.24, 2.45) is 0 Å². The maximum atomic E-state index is 12.0. The van der Waals surface area contributed by atoms with Crippen molar-refractivity contribution in [3.63, 3.8) is 0 Å². The van der Waals surface area contributed by atoms with Crippen LogP contribution in [0.4, 0.5) is 0 Å². The number of carbonyl (C=O) groups excluding carboxylic acids is 1. The van der Waals surface area contributed by atoms with Gasteiger partial charge in [0.05, 0.1) is 0 Å². The number of hydrogen-bond donors (Lipinski definition) is 2. The Morgan fingerprint density at radius 3 is 2.37 bits per heavy atom. The molecule has 0 spiro atoms. The number of amides is 1. The van der Waals surface area contributed by atoms with Gasteiger partial charge in [-0.05, 0) is 49.9 Å². The van der Waals surface area contributed by atoms with E-state index in [9.17, 15) is 13.2 Å². The molecule has 0 aliphatic heterocycles. The van der Waals surface area contributed by atoms with Crippen molar-refractivity contribution in [3.8, 4) is 5.75 Å². The lowest BCUT2D eigenvalue weighted by Gasteiger charge is -2.25. The highest BCUT2D eigenvalue weighted by atomic mass is 32.2. The summed E-state index contributed by atoms with van der Waals surface area (Å²) in [6.07, 6.45) is 1.42. The van der Waals surface area contributed by atoms with Crippen LogP contribution in [0.1, 0.15) is 30.0 Å². The van der Waals surface area contributed by atoms with E-state index in [1.54, 1.807) is 0 Å². The zero-order valence-corrected chi connectivity index (χ0v) is 16.5. The third-order valence-corrected chi connectivity index (χ3v) is 6.73. The molecule has 2 N–H and O–H groups in total. The summed E-state index contributed by atoms with van der Waals surface area (Å²) in [5, 5.41) is 8.86. The van der Waals surface area contributed by atoms with E-state index in [1.807, 2.05) is 49.4 Å². The quantitative estimate of drug-likeness (QED) is 0.533.